The number of alkyl halides is 3. The first-order valence-electron chi connectivity index (χ1n) is 5.79. The first kappa shape index (κ1) is 16.7. The quantitative estimate of drug-likeness (QED) is 0.633. The summed E-state index contributed by atoms with van der Waals surface area (Å²) in [4.78, 5) is 22.6. The molecule has 0 bridgehead atoms. The Bertz CT molecular complexity index is 564. The molecule has 0 amide bonds. The van der Waals surface area contributed by atoms with Crippen LogP contribution in [0.15, 0.2) is 36.4 Å². The van der Waals surface area contributed by atoms with Crippen molar-refractivity contribution in [3.05, 3.63) is 47.5 Å². The molecule has 1 aromatic rings. The smallest absolute Gasteiger partial charge is 0.416 e. The van der Waals surface area contributed by atoms with Crippen LogP contribution in [0, 0.1) is 0 Å². The molecule has 0 N–H and O–H groups in total. The zero-order valence-electron chi connectivity index (χ0n) is 11.4. The zero-order chi connectivity index (χ0) is 16.2. The normalized spacial score (nSPS) is 12.4. The summed E-state index contributed by atoms with van der Waals surface area (Å²) in [6.45, 7) is 4.38. The third-order valence-corrected chi connectivity index (χ3v) is 2.60. The lowest BCUT2D eigenvalue weighted by Gasteiger charge is -2.22. The molecule has 0 radical (unpaired) electrons. The Balaban J connectivity index is 3.37. The van der Waals surface area contributed by atoms with Crippen LogP contribution in [0.4, 0.5) is 13.2 Å². The lowest BCUT2D eigenvalue weighted by molar-refractivity contribution is -0.150. The number of halogens is 3. The minimum Gasteiger partial charge on any atom is -0.466 e. The lowest BCUT2D eigenvalue weighted by atomic mass is 9.97. The molecular weight excluding hydrogens is 289 g/mol. The number of hydrogen-bond acceptors (Lipinski definition) is 4. The summed E-state index contributed by atoms with van der Waals surface area (Å²) < 4.78 is 48.2. The zero-order valence-corrected chi connectivity index (χ0v) is 11.4. The van der Waals surface area contributed by atoms with Crippen molar-refractivity contribution in [2.45, 2.75) is 19.2 Å². The van der Waals surface area contributed by atoms with Gasteiger partial charge in [0.05, 0.1) is 18.2 Å². The van der Waals surface area contributed by atoms with Gasteiger partial charge in [-0.15, -0.1) is 0 Å². The van der Waals surface area contributed by atoms with E-state index in [9.17, 15) is 22.8 Å². The number of carbonyl (C=O) groups excluding carboxylic acids is 2. The largest absolute Gasteiger partial charge is 0.466 e. The third-order valence-electron chi connectivity index (χ3n) is 2.60. The van der Waals surface area contributed by atoms with E-state index in [0.717, 1.165) is 26.2 Å². The number of methoxy groups -OCH3 is 1. The fourth-order valence-electron chi connectivity index (χ4n) is 1.71. The highest BCUT2D eigenvalue weighted by Crippen LogP contribution is 2.37. The molecular formula is C14H13F3O4. The molecule has 0 aromatic heterocycles. The highest BCUT2D eigenvalue weighted by atomic mass is 19.4. The maximum atomic E-state index is 13.0. The summed E-state index contributed by atoms with van der Waals surface area (Å²) in [6, 6.07) is 4.48. The monoisotopic (exact) mass is 302 g/mol. The van der Waals surface area contributed by atoms with Gasteiger partial charge in [-0.05, 0) is 6.07 Å². The van der Waals surface area contributed by atoms with Crippen LogP contribution in [0.1, 0.15) is 24.2 Å². The number of carbonyl (C=O) groups is 2. The maximum Gasteiger partial charge on any atom is 0.416 e. The van der Waals surface area contributed by atoms with E-state index in [1.807, 2.05) is 0 Å². The highest BCUT2D eigenvalue weighted by molar-refractivity contribution is 5.89. The van der Waals surface area contributed by atoms with Gasteiger partial charge in [0.1, 0.15) is 0 Å². The number of benzene rings is 1. The molecule has 0 aliphatic carbocycles. The van der Waals surface area contributed by atoms with Crippen LogP contribution >= 0.6 is 0 Å². The van der Waals surface area contributed by atoms with Gasteiger partial charge in [-0.25, -0.2) is 4.79 Å². The summed E-state index contributed by atoms with van der Waals surface area (Å²) in [5.41, 5.74) is -1.79. The average molecular weight is 302 g/mol. The van der Waals surface area contributed by atoms with Crippen molar-refractivity contribution in [1.29, 1.82) is 0 Å². The predicted molar refractivity (Wildman–Crippen MR) is 67.1 cm³/mol. The molecule has 0 saturated heterocycles. The molecule has 1 atom stereocenters. The average Bonchev–Trinajstić information content (AvgIpc) is 2.42. The second-order valence-corrected chi connectivity index (χ2v) is 4.09. The van der Waals surface area contributed by atoms with Gasteiger partial charge in [0.15, 0.2) is 6.10 Å². The van der Waals surface area contributed by atoms with Gasteiger partial charge in [-0.1, -0.05) is 24.8 Å². The second-order valence-electron chi connectivity index (χ2n) is 4.09. The van der Waals surface area contributed by atoms with Crippen molar-refractivity contribution in [3.8, 4) is 0 Å². The standard InChI is InChI=1S/C14H13F3O4/c1-8(13(19)20-3)12(21-9(2)18)10-6-4-5-7-11(10)14(15,16)17/h4-7,12H,1H2,2-3H3. The van der Waals surface area contributed by atoms with E-state index in [4.69, 9.17) is 4.74 Å². The molecule has 0 aliphatic heterocycles. The van der Waals surface area contributed by atoms with Crippen LogP contribution in [0.3, 0.4) is 0 Å². The van der Waals surface area contributed by atoms with E-state index in [0.29, 0.717) is 0 Å². The molecule has 0 spiro atoms. The topological polar surface area (TPSA) is 52.6 Å². The lowest BCUT2D eigenvalue weighted by Crippen LogP contribution is -2.21. The molecule has 0 saturated carbocycles. The van der Waals surface area contributed by atoms with Crippen molar-refractivity contribution in [3.63, 3.8) is 0 Å². The van der Waals surface area contributed by atoms with E-state index in [1.165, 1.54) is 12.1 Å². The van der Waals surface area contributed by atoms with Crippen molar-refractivity contribution < 1.29 is 32.2 Å². The van der Waals surface area contributed by atoms with Gasteiger partial charge in [0.25, 0.3) is 0 Å². The number of ether oxygens (including phenoxy) is 2. The van der Waals surface area contributed by atoms with Gasteiger partial charge in [0.2, 0.25) is 0 Å². The van der Waals surface area contributed by atoms with Crippen molar-refractivity contribution in [2.24, 2.45) is 0 Å². The maximum absolute atomic E-state index is 13.0. The number of hydrogen-bond donors (Lipinski definition) is 0. The molecule has 0 fully saturated rings. The molecule has 4 nitrogen and oxygen atoms in total. The first-order valence-corrected chi connectivity index (χ1v) is 5.79. The second kappa shape index (κ2) is 6.43. The molecule has 0 aliphatic rings. The first-order chi connectivity index (χ1) is 9.68. The Morgan fingerprint density at radius 2 is 1.81 bits per heavy atom. The molecule has 7 heteroatoms. The van der Waals surface area contributed by atoms with E-state index < -0.39 is 35.4 Å². The van der Waals surface area contributed by atoms with Gasteiger partial charge in [-0.2, -0.15) is 13.2 Å². The molecule has 1 aromatic carbocycles. The van der Waals surface area contributed by atoms with Crippen molar-refractivity contribution in [1.82, 2.24) is 0 Å². The minimum absolute atomic E-state index is 0.379. The Morgan fingerprint density at radius 3 is 2.29 bits per heavy atom. The summed E-state index contributed by atoms with van der Waals surface area (Å²) in [6.07, 6.45) is -6.22. The highest BCUT2D eigenvalue weighted by Gasteiger charge is 2.37. The van der Waals surface area contributed by atoms with Crippen LogP contribution < -0.4 is 0 Å². The van der Waals surface area contributed by atoms with Crippen LogP contribution in [-0.4, -0.2) is 19.0 Å². The van der Waals surface area contributed by atoms with Gasteiger partial charge >= 0.3 is 18.1 Å². The Hall–Kier alpha value is -2.31. The van der Waals surface area contributed by atoms with Gasteiger partial charge in [-0.3, -0.25) is 4.79 Å². The Kier molecular flexibility index (Phi) is 5.12. The molecule has 0 heterocycles. The Morgan fingerprint density at radius 1 is 1.24 bits per heavy atom. The summed E-state index contributed by atoms with van der Waals surface area (Å²) in [5.74, 6) is -1.81. The number of esters is 2. The molecule has 21 heavy (non-hydrogen) atoms. The van der Waals surface area contributed by atoms with Gasteiger partial charge < -0.3 is 9.47 Å². The van der Waals surface area contributed by atoms with Crippen LogP contribution in [0.25, 0.3) is 0 Å². The molecule has 1 unspecified atom stereocenters. The van der Waals surface area contributed by atoms with Crippen LogP contribution in [0.2, 0.25) is 0 Å². The van der Waals surface area contributed by atoms with Crippen molar-refractivity contribution >= 4 is 11.9 Å². The Labute approximate surface area is 119 Å². The van der Waals surface area contributed by atoms with E-state index >= 15 is 0 Å². The SMILES string of the molecule is C=C(C(=O)OC)C(OC(C)=O)c1ccccc1C(F)(F)F. The summed E-state index contributed by atoms with van der Waals surface area (Å²) >= 11 is 0. The predicted octanol–water partition coefficient (Wildman–Crippen LogP) is 3.04. The fraction of sp³-hybridized carbons (Fsp3) is 0.286. The fourth-order valence-corrected chi connectivity index (χ4v) is 1.71. The summed E-state index contributed by atoms with van der Waals surface area (Å²) in [5, 5.41) is 0. The van der Waals surface area contributed by atoms with Crippen LogP contribution in [0.5, 0.6) is 0 Å². The van der Waals surface area contributed by atoms with Gasteiger partial charge in [0, 0.05) is 12.5 Å². The van der Waals surface area contributed by atoms with Crippen molar-refractivity contribution in [2.75, 3.05) is 7.11 Å². The summed E-state index contributed by atoms with van der Waals surface area (Å²) in [7, 11) is 1.05. The van der Waals surface area contributed by atoms with E-state index in [-0.39, 0.29) is 5.56 Å². The van der Waals surface area contributed by atoms with E-state index in [1.54, 1.807) is 0 Å². The number of rotatable bonds is 4. The van der Waals surface area contributed by atoms with Crippen LogP contribution in [-0.2, 0) is 25.2 Å². The molecule has 114 valence electrons. The van der Waals surface area contributed by atoms with E-state index in [2.05, 4.69) is 11.3 Å². The third kappa shape index (κ3) is 4.08. The molecule has 1 rings (SSSR count). The minimum atomic E-state index is -4.66.